The number of rotatable bonds is 2. The summed E-state index contributed by atoms with van der Waals surface area (Å²) in [7, 11) is 0. The van der Waals surface area contributed by atoms with E-state index < -0.39 is 41.1 Å². The molecule has 1 aliphatic heterocycles. The van der Waals surface area contributed by atoms with E-state index in [1.54, 1.807) is 0 Å². The van der Waals surface area contributed by atoms with Crippen molar-refractivity contribution < 1.29 is 20.1 Å². The number of anilines is 1. The van der Waals surface area contributed by atoms with Crippen molar-refractivity contribution in [2.24, 2.45) is 0 Å². The van der Waals surface area contributed by atoms with Crippen LogP contribution in [0.3, 0.4) is 0 Å². The van der Waals surface area contributed by atoms with Crippen molar-refractivity contribution in [2.45, 2.75) is 31.0 Å². The fourth-order valence-corrected chi connectivity index (χ4v) is 3.30. The van der Waals surface area contributed by atoms with Crippen molar-refractivity contribution in [1.82, 2.24) is 14.5 Å². The number of nitrogens with zero attached hydrogens (tertiary/aromatic N) is 2. The van der Waals surface area contributed by atoms with E-state index in [0.29, 0.717) is 11.3 Å². The number of hydrogen-bond donors (Lipinski definition) is 5. The summed E-state index contributed by atoms with van der Waals surface area (Å²) in [6.45, 7) is 0.736. The Kier molecular flexibility index (Phi) is 3.34. The van der Waals surface area contributed by atoms with Crippen molar-refractivity contribution in [3.8, 4) is 0 Å². The van der Waals surface area contributed by atoms with Crippen LogP contribution < -0.4 is 16.2 Å². The molecule has 0 saturated carbocycles. The predicted molar refractivity (Wildman–Crippen MR) is 76.5 cm³/mol. The Morgan fingerprint density at radius 3 is 2.82 bits per heavy atom. The topological polar surface area (TPSA) is 164 Å². The van der Waals surface area contributed by atoms with Gasteiger partial charge in [0.05, 0.1) is 6.61 Å². The highest BCUT2D eigenvalue weighted by molar-refractivity contribution is 7.16. The molecule has 1 saturated heterocycles. The first-order valence-electron chi connectivity index (χ1n) is 6.35. The molecule has 10 nitrogen and oxygen atoms in total. The van der Waals surface area contributed by atoms with E-state index in [0.717, 1.165) is 4.57 Å². The lowest BCUT2D eigenvalue weighted by atomic mass is 9.95. The molecular weight excluding hydrogens is 316 g/mol. The molecule has 0 radical (unpaired) electrons. The molecule has 0 aromatic carbocycles. The molecule has 0 spiro atoms. The lowest BCUT2D eigenvalue weighted by Gasteiger charge is -2.24. The van der Waals surface area contributed by atoms with E-state index in [1.807, 2.05) is 0 Å². The van der Waals surface area contributed by atoms with E-state index in [1.165, 1.54) is 6.92 Å². The Morgan fingerprint density at radius 1 is 1.55 bits per heavy atom. The number of fused-ring (bicyclic) bond motifs is 1. The molecule has 0 unspecified atom stereocenters. The SMILES string of the molecule is C[C@]1(O)[C@@H](CO)O[C@@H](n2c(=O)sc3c(=O)[nH]c(N)nc32)[C@@H]1O. The standard InChI is InChI=1S/C11H14N4O6S/c1-11(20)3(2-16)21-8(5(11)17)15-6-4(22-10(15)19)7(18)14-9(12)13-6/h3,5,8,16-17,20H,2H2,1H3,(H3,12,13,14,18)/t3-,5+,8-,11+/m1/s1. The van der Waals surface area contributed by atoms with Crippen LogP contribution in [0.4, 0.5) is 5.95 Å². The number of aromatic amines is 1. The number of ether oxygens (including phenoxy) is 1. The lowest BCUT2D eigenvalue weighted by Crippen LogP contribution is -2.46. The minimum Gasteiger partial charge on any atom is -0.394 e. The van der Waals surface area contributed by atoms with E-state index in [2.05, 4.69) is 9.97 Å². The lowest BCUT2D eigenvalue weighted by molar-refractivity contribution is -0.0804. The largest absolute Gasteiger partial charge is 0.394 e. The van der Waals surface area contributed by atoms with Crippen molar-refractivity contribution in [1.29, 1.82) is 0 Å². The molecule has 1 fully saturated rings. The van der Waals surface area contributed by atoms with Gasteiger partial charge in [0, 0.05) is 0 Å². The second-order valence-electron chi connectivity index (χ2n) is 5.21. The molecule has 0 bridgehead atoms. The maximum atomic E-state index is 12.2. The van der Waals surface area contributed by atoms with Crippen LogP contribution in [-0.2, 0) is 4.74 Å². The molecule has 120 valence electrons. The van der Waals surface area contributed by atoms with Gasteiger partial charge in [0.1, 0.15) is 22.5 Å². The summed E-state index contributed by atoms with van der Waals surface area (Å²) >= 11 is 0.622. The van der Waals surface area contributed by atoms with E-state index >= 15 is 0 Å². The van der Waals surface area contributed by atoms with Gasteiger partial charge in [-0.25, -0.2) is 0 Å². The minimum absolute atomic E-state index is 0.0297. The number of H-pyrrole nitrogens is 1. The third-order valence-corrected chi connectivity index (χ3v) is 4.68. The summed E-state index contributed by atoms with van der Waals surface area (Å²) in [5, 5.41) is 29.7. The highest BCUT2D eigenvalue weighted by atomic mass is 32.1. The van der Waals surface area contributed by atoms with Gasteiger partial charge in [0.15, 0.2) is 11.9 Å². The van der Waals surface area contributed by atoms with Gasteiger partial charge in [-0.2, -0.15) is 4.98 Å². The average Bonchev–Trinajstić information content (AvgIpc) is 2.86. The van der Waals surface area contributed by atoms with Crippen LogP contribution in [0.5, 0.6) is 0 Å². The molecule has 2 aromatic heterocycles. The summed E-state index contributed by atoms with van der Waals surface area (Å²) in [6, 6.07) is 0. The van der Waals surface area contributed by atoms with Crippen LogP contribution in [0.1, 0.15) is 13.2 Å². The minimum atomic E-state index is -1.76. The van der Waals surface area contributed by atoms with Crippen molar-refractivity contribution in [2.75, 3.05) is 12.3 Å². The Morgan fingerprint density at radius 2 is 2.23 bits per heavy atom. The Hall–Kier alpha value is -1.79. The van der Waals surface area contributed by atoms with Crippen LogP contribution >= 0.6 is 11.3 Å². The normalized spacial score (nSPS) is 31.9. The zero-order valence-corrected chi connectivity index (χ0v) is 12.2. The zero-order valence-electron chi connectivity index (χ0n) is 11.4. The molecule has 6 N–H and O–H groups in total. The van der Waals surface area contributed by atoms with Gasteiger partial charge in [-0.15, -0.1) is 0 Å². The molecule has 1 aliphatic rings. The highest BCUT2D eigenvalue weighted by Gasteiger charge is 2.53. The summed E-state index contributed by atoms with van der Waals surface area (Å²) in [5.74, 6) is -0.193. The van der Waals surface area contributed by atoms with Gasteiger partial charge in [-0.3, -0.25) is 19.1 Å². The van der Waals surface area contributed by atoms with Crippen LogP contribution in [0.15, 0.2) is 9.59 Å². The quantitative estimate of drug-likeness (QED) is 0.411. The highest BCUT2D eigenvalue weighted by Crippen LogP contribution is 2.37. The zero-order chi connectivity index (χ0) is 16.2. The molecule has 3 rings (SSSR count). The van der Waals surface area contributed by atoms with E-state index in [9.17, 15) is 24.9 Å². The fourth-order valence-electron chi connectivity index (χ4n) is 2.46. The number of nitrogens with two attached hydrogens (primary N) is 1. The number of nitrogen functional groups attached to an aromatic ring is 1. The molecule has 11 heteroatoms. The summed E-state index contributed by atoms with van der Waals surface area (Å²) in [6.07, 6.45) is -3.88. The second kappa shape index (κ2) is 4.86. The van der Waals surface area contributed by atoms with Crippen LogP contribution in [0.25, 0.3) is 10.3 Å². The Bertz CT molecular complexity index is 839. The molecule has 22 heavy (non-hydrogen) atoms. The average molecular weight is 330 g/mol. The Balaban J connectivity index is 2.21. The van der Waals surface area contributed by atoms with Crippen molar-refractivity contribution in [3.05, 3.63) is 20.0 Å². The van der Waals surface area contributed by atoms with Crippen LogP contribution in [-0.4, -0.2) is 54.3 Å². The molecular formula is C11H14N4O6S. The first-order valence-corrected chi connectivity index (χ1v) is 7.16. The molecule has 0 amide bonds. The predicted octanol–water partition coefficient (Wildman–Crippen LogP) is -2.27. The molecule has 4 atom stereocenters. The maximum Gasteiger partial charge on any atom is 0.311 e. The third-order valence-electron chi connectivity index (χ3n) is 3.74. The smallest absolute Gasteiger partial charge is 0.311 e. The van der Waals surface area contributed by atoms with Gasteiger partial charge in [-0.05, 0) is 6.92 Å². The Labute approximate surface area is 126 Å². The van der Waals surface area contributed by atoms with Crippen molar-refractivity contribution >= 4 is 27.6 Å². The molecule has 0 aliphatic carbocycles. The van der Waals surface area contributed by atoms with Crippen LogP contribution in [0.2, 0.25) is 0 Å². The van der Waals surface area contributed by atoms with Gasteiger partial charge in [0.25, 0.3) is 5.56 Å². The molecule has 3 heterocycles. The number of thiazole rings is 1. The van der Waals surface area contributed by atoms with Gasteiger partial charge in [-0.1, -0.05) is 11.3 Å². The second-order valence-corrected chi connectivity index (χ2v) is 6.17. The van der Waals surface area contributed by atoms with E-state index in [-0.39, 0.29) is 16.3 Å². The number of nitrogens with one attached hydrogen (secondary N) is 1. The summed E-state index contributed by atoms with van der Waals surface area (Å²) < 4.78 is 6.37. The summed E-state index contributed by atoms with van der Waals surface area (Å²) in [5.41, 5.74) is 3.08. The van der Waals surface area contributed by atoms with Gasteiger partial charge >= 0.3 is 4.87 Å². The number of aliphatic hydroxyl groups excluding tert-OH is 2. The van der Waals surface area contributed by atoms with E-state index in [4.69, 9.17) is 10.5 Å². The molecule has 2 aromatic rings. The van der Waals surface area contributed by atoms with Crippen molar-refractivity contribution in [3.63, 3.8) is 0 Å². The number of aromatic nitrogens is 3. The monoisotopic (exact) mass is 330 g/mol. The van der Waals surface area contributed by atoms with Gasteiger partial charge < -0.3 is 25.8 Å². The fraction of sp³-hybridized carbons (Fsp3) is 0.545. The van der Waals surface area contributed by atoms with Gasteiger partial charge in [0.2, 0.25) is 5.95 Å². The number of aliphatic hydroxyl groups is 3. The first-order chi connectivity index (χ1) is 10.3. The third kappa shape index (κ3) is 1.98. The maximum absolute atomic E-state index is 12.2. The summed E-state index contributed by atoms with van der Waals surface area (Å²) in [4.78, 5) is 29.5. The number of hydrogen-bond acceptors (Lipinski definition) is 9. The van der Waals surface area contributed by atoms with Crippen LogP contribution in [0, 0.1) is 0 Å². The first kappa shape index (κ1) is 15.1.